The van der Waals surface area contributed by atoms with Crippen molar-refractivity contribution in [3.05, 3.63) is 76.4 Å². The maximum absolute atomic E-state index is 15.3. The normalized spacial score (nSPS) is 21.5. The summed E-state index contributed by atoms with van der Waals surface area (Å²) in [6, 6.07) is 12.0. The number of alkyl halides is 2. The molecule has 3 aromatic rings. The minimum atomic E-state index is -3.05. The number of anilines is 1. The summed E-state index contributed by atoms with van der Waals surface area (Å²) < 4.78 is 53.1. The quantitative estimate of drug-likeness (QED) is 0.511. The van der Waals surface area contributed by atoms with E-state index in [2.05, 4.69) is 5.10 Å². The van der Waals surface area contributed by atoms with E-state index >= 15 is 13.2 Å². The Kier molecular flexibility index (Phi) is 6.06. The van der Waals surface area contributed by atoms with Crippen LogP contribution in [0.15, 0.2) is 42.5 Å². The maximum Gasteiger partial charge on any atom is 0.268 e. The first kappa shape index (κ1) is 24.4. The summed E-state index contributed by atoms with van der Waals surface area (Å²) >= 11 is 0. The topological polar surface area (TPSA) is 50.6 Å². The lowest BCUT2D eigenvalue weighted by atomic mass is 9.93. The molecule has 0 aliphatic carbocycles. The van der Waals surface area contributed by atoms with Gasteiger partial charge < -0.3 is 9.64 Å². The number of carbonyl (C=O) groups is 1. The SMILES string of the molecule is Cc1nn(C)c(C)c1CN1C(=O)[C@@H](C)Oc2c(F)cc(C3CN(Cc4ccccc4)CC3(F)F)cc21. The van der Waals surface area contributed by atoms with E-state index in [1.807, 2.05) is 51.2 Å². The highest BCUT2D eigenvalue weighted by molar-refractivity contribution is 6.00. The summed E-state index contributed by atoms with van der Waals surface area (Å²) in [4.78, 5) is 16.3. The van der Waals surface area contributed by atoms with Crippen LogP contribution >= 0.6 is 0 Å². The van der Waals surface area contributed by atoms with Crippen LogP contribution in [-0.4, -0.2) is 45.7 Å². The summed E-state index contributed by atoms with van der Waals surface area (Å²) in [5, 5.41) is 4.40. The second-order valence-corrected chi connectivity index (χ2v) is 9.78. The van der Waals surface area contributed by atoms with Crippen LogP contribution < -0.4 is 9.64 Å². The standard InChI is InChI=1S/C27H29F3N4O2/c1-16-21(17(2)32(4)31-16)13-34-24-11-20(10-23(28)25(24)36-18(3)26(34)35)22-14-33(15-27(22,29)30)12-19-8-6-5-7-9-19/h5-11,18,22H,12-15H2,1-4H3/t18-,22?/m1/s1. The Labute approximate surface area is 208 Å². The van der Waals surface area contributed by atoms with Gasteiger partial charge in [-0.2, -0.15) is 5.10 Å². The number of rotatable bonds is 5. The van der Waals surface area contributed by atoms with E-state index in [-0.39, 0.29) is 36.0 Å². The molecule has 1 fully saturated rings. The third-order valence-electron chi connectivity index (χ3n) is 7.26. The lowest BCUT2D eigenvalue weighted by Crippen LogP contribution is -2.44. The second-order valence-electron chi connectivity index (χ2n) is 9.78. The molecule has 0 radical (unpaired) electrons. The number of likely N-dealkylation sites (tertiary alicyclic amines) is 1. The number of benzene rings is 2. The Bertz CT molecular complexity index is 1310. The van der Waals surface area contributed by atoms with E-state index in [1.54, 1.807) is 16.5 Å². The van der Waals surface area contributed by atoms with Gasteiger partial charge in [0.25, 0.3) is 11.8 Å². The third kappa shape index (κ3) is 4.25. The zero-order chi connectivity index (χ0) is 25.8. The Balaban J connectivity index is 1.50. The molecule has 6 nitrogen and oxygen atoms in total. The van der Waals surface area contributed by atoms with Gasteiger partial charge in [-0.15, -0.1) is 0 Å². The molecular weight excluding hydrogens is 469 g/mol. The van der Waals surface area contributed by atoms with Gasteiger partial charge in [0.15, 0.2) is 17.7 Å². The molecule has 2 aliphatic heterocycles. The molecule has 190 valence electrons. The highest BCUT2D eigenvalue weighted by atomic mass is 19.3. The fourth-order valence-corrected chi connectivity index (χ4v) is 5.23. The molecule has 2 aliphatic rings. The summed E-state index contributed by atoms with van der Waals surface area (Å²) in [6.45, 7) is 5.47. The van der Waals surface area contributed by atoms with E-state index in [0.717, 1.165) is 28.6 Å². The molecule has 0 bridgehead atoms. The third-order valence-corrected chi connectivity index (χ3v) is 7.26. The molecule has 9 heteroatoms. The smallest absolute Gasteiger partial charge is 0.268 e. The van der Waals surface area contributed by atoms with Crippen molar-refractivity contribution in [3.63, 3.8) is 0 Å². The van der Waals surface area contributed by atoms with Crippen LogP contribution in [0.3, 0.4) is 0 Å². The number of aromatic nitrogens is 2. The van der Waals surface area contributed by atoms with E-state index in [9.17, 15) is 4.79 Å². The van der Waals surface area contributed by atoms with Gasteiger partial charge in [-0.25, -0.2) is 13.2 Å². The van der Waals surface area contributed by atoms with Crippen molar-refractivity contribution in [2.75, 3.05) is 18.0 Å². The van der Waals surface area contributed by atoms with E-state index in [1.165, 1.54) is 11.0 Å². The molecule has 0 N–H and O–H groups in total. The van der Waals surface area contributed by atoms with Gasteiger partial charge >= 0.3 is 0 Å². The number of aryl methyl sites for hydroxylation is 2. The number of fused-ring (bicyclic) bond motifs is 1. The summed E-state index contributed by atoms with van der Waals surface area (Å²) in [6.07, 6.45) is -0.899. The summed E-state index contributed by atoms with van der Waals surface area (Å²) in [5.41, 5.74) is 3.72. The van der Waals surface area contributed by atoms with E-state index in [0.29, 0.717) is 6.54 Å². The van der Waals surface area contributed by atoms with Crippen LogP contribution in [0, 0.1) is 19.7 Å². The van der Waals surface area contributed by atoms with Crippen molar-refractivity contribution in [3.8, 4) is 5.75 Å². The van der Waals surface area contributed by atoms with Crippen molar-refractivity contribution >= 4 is 11.6 Å². The first-order chi connectivity index (χ1) is 17.0. The zero-order valence-electron chi connectivity index (χ0n) is 20.8. The van der Waals surface area contributed by atoms with Crippen LogP contribution in [0.25, 0.3) is 0 Å². The van der Waals surface area contributed by atoms with Crippen molar-refractivity contribution in [2.24, 2.45) is 7.05 Å². The molecule has 1 amide bonds. The maximum atomic E-state index is 15.3. The molecule has 3 heterocycles. The largest absolute Gasteiger partial charge is 0.476 e. The number of ether oxygens (including phenoxy) is 1. The van der Waals surface area contributed by atoms with Crippen LogP contribution in [0.2, 0.25) is 0 Å². The van der Waals surface area contributed by atoms with Gasteiger partial charge in [0.2, 0.25) is 0 Å². The van der Waals surface area contributed by atoms with Crippen LogP contribution in [-0.2, 0) is 24.9 Å². The number of hydrogen-bond donors (Lipinski definition) is 0. The van der Waals surface area contributed by atoms with Gasteiger partial charge in [-0.05, 0) is 44.0 Å². The van der Waals surface area contributed by atoms with E-state index < -0.39 is 30.3 Å². The predicted molar refractivity (Wildman–Crippen MR) is 130 cm³/mol. The fourth-order valence-electron chi connectivity index (χ4n) is 5.23. The predicted octanol–water partition coefficient (Wildman–Crippen LogP) is 4.72. The minimum Gasteiger partial charge on any atom is -0.476 e. The summed E-state index contributed by atoms with van der Waals surface area (Å²) in [5.74, 6) is -5.45. The van der Waals surface area contributed by atoms with E-state index in [4.69, 9.17) is 4.74 Å². The Hall–Kier alpha value is -3.33. The minimum absolute atomic E-state index is 0.0755. The Morgan fingerprint density at radius 3 is 2.53 bits per heavy atom. The first-order valence-electron chi connectivity index (χ1n) is 12.0. The molecule has 0 saturated carbocycles. The molecule has 1 aromatic heterocycles. The summed E-state index contributed by atoms with van der Waals surface area (Å²) in [7, 11) is 1.81. The highest BCUT2D eigenvalue weighted by Crippen LogP contribution is 2.45. The second kappa shape index (κ2) is 8.96. The lowest BCUT2D eigenvalue weighted by Gasteiger charge is -2.34. The number of carbonyl (C=O) groups excluding carboxylic acids is 1. The van der Waals surface area contributed by atoms with Gasteiger partial charge in [-0.1, -0.05) is 30.3 Å². The van der Waals surface area contributed by atoms with Gasteiger partial charge in [0.05, 0.1) is 30.4 Å². The Morgan fingerprint density at radius 2 is 1.86 bits per heavy atom. The van der Waals surface area contributed by atoms with Crippen molar-refractivity contribution in [1.29, 1.82) is 0 Å². The van der Waals surface area contributed by atoms with Gasteiger partial charge in [0, 0.05) is 31.4 Å². The zero-order valence-corrected chi connectivity index (χ0v) is 20.8. The molecular formula is C27H29F3N4O2. The van der Waals surface area contributed by atoms with Crippen LogP contribution in [0.5, 0.6) is 5.75 Å². The fraction of sp³-hybridized carbons (Fsp3) is 0.407. The average Bonchev–Trinajstić information content (AvgIpc) is 3.25. The van der Waals surface area contributed by atoms with Crippen LogP contribution in [0.1, 0.15) is 40.9 Å². The lowest BCUT2D eigenvalue weighted by molar-refractivity contribution is -0.125. The molecule has 1 unspecified atom stereocenters. The molecule has 2 aromatic carbocycles. The molecule has 0 spiro atoms. The molecule has 5 rings (SSSR count). The van der Waals surface area contributed by atoms with Crippen LogP contribution in [0.4, 0.5) is 18.9 Å². The first-order valence-corrected chi connectivity index (χ1v) is 12.0. The molecule has 2 atom stereocenters. The van der Waals surface area contributed by atoms with Crippen molar-refractivity contribution < 1.29 is 22.7 Å². The number of halogens is 3. The number of amides is 1. The highest BCUT2D eigenvalue weighted by Gasteiger charge is 2.49. The molecule has 1 saturated heterocycles. The van der Waals surface area contributed by atoms with Crippen molar-refractivity contribution in [1.82, 2.24) is 14.7 Å². The monoisotopic (exact) mass is 498 g/mol. The number of nitrogens with zero attached hydrogens (tertiary/aromatic N) is 4. The van der Waals surface area contributed by atoms with Gasteiger partial charge in [-0.3, -0.25) is 14.4 Å². The number of hydrogen-bond acceptors (Lipinski definition) is 4. The average molecular weight is 499 g/mol. The van der Waals surface area contributed by atoms with Gasteiger partial charge in [0.1, 0.15) is 0 Å². The van der Waals surface area contributed by atoms with Crippen molar-refractivity contribution in [2.45, 2.75) is 51.8 Å². The Morgan fingerprint density at radius 1 is 1.14 bits per heavy atom. The molecule has 36 heavy (non-hydrogen) atoms.